The van der Waals surface area contributed by atoms with Crippen molar-refractivity contribution in [3.8, 4) is 0 Å². The van der Waals surface area contributed by atoms with Crippen LogP contribution in [0, 0.1) is 0 Å². The Balaban J connectivity index is 1.71. The van der Waals surface area contributed by atoms with Crippen LogP contribution >= 0.6 is 46.4 Å². The molecule has 6 aliphatic carbocycles. The van der Waals surface area contributed by atoms with Crippen molar-refractivity contribution in [1.82, 2.24) is 19.9 Å². The summed E-state index contributed by atoms with van der Waals surface area (Å²) < 4.78 is 0. The van der Waals surface area contributed by atoms with E-state index in [0.29, 0.717) is 10.3 Å². The van der Waals surface area contributed by atoms with E-state index in [9.17, 15) is 0 Å². The average molecular weight is 498 g/mol. The fourth-order valence-electron chi connectivity index (χ4n) is 6.04. The monoisotopic (exact) mass is 496 g/mol. The van der Waals surface area contributed by atoms with Crippen molar-refractivity contribution in [3.05, 3.63) is 114 Å². The number of hydrogen-bond acceptors (Lipinski definition) is 4. The maximum Gasteiger partial charge on any atom is 0.224 e. The van der Waals surface area contributed by atoms with E-state index in [0.717, 1.165) is 22.5 Å². The first-order valence-electron chi connectivity index (χ1n) is 10.2. The van der Waals surface area contributed by atoms with Crippen LogP contribution in [0.1, 0.15) is 68.4 Å². The second kappa shape index (κ2) is 6.64. The van der Waals surface area contributed by atoms with Gasteiger partial charge in [-0.25, -0.2) is 19.9 Å². The maximum absolute atomic E-state index is 6.77. The van der Waals surface area contributed by atoms with Crippen molar-refractivity contribution in [2.75, 3.05) is 0 Å². The molecule has 0 saturated carbocycles. The topological polar surface area (TPSA) is 51.6 Å². The van der Waals surface area contributed by atoms with E-state index >= 15 is 0 Å². The quantitative estimate of drug-likeness (QED) is 0.199. The zero-order chi connectivity index (χ0) is 21.7. The lowest BCUT2D eigenvalue weighted by atomic mass is 9.55. The molecule has 4 nitrogen and oxygen atoms in total. The summed E-state index contributed by atoms with van der Waals surface area (Å²) in [6.45, 7) is 0. The van der Waals surface area contributed by atoms with Gasteiger partial charge >= 0.3 is 0 Å². The van der Waals surface area contributed by atoms with Crippen LogP contribution < -0.4 is 0 Å². The third-order valence-corrected chi connectivity index (χ3v) is 7.93. The molecule has 4 bridgehead atoms. The van der Waals surface area contributed by atoms with Gasteiger partial charge in [0.2, 0.25) is 10.6 Å². The number of aromatic nitrogens is 4. The molecule has 2 aromatic carbocycles. The SMILES string of the molecule is Clc1nc(Cl)c2c(n1)[C@@H]1c3ccccc3[C@@H]2[C@@H]2c3ccccc3[C@H]1c1c(Cl)nc(Cl)nc12. The van der Waals surface area contributed by atoms with Gasteiger partial charge in [0.05, 0.1) is 11.4 Å². The van der Waals surface area contributed by atoms with E-state index in [1.54, 1.807) is 0 Å². The summed E-state index contributed by atoms with van der Waals surface area (Å²) in [7, 11) is 0. The van der Waals surface area contributed by atoms with Crippen LogP contribution in [0.4, 0.5) is 0 Å². The molecule has 0 radical (unpaired) electrons. The third kappa shape index (κ3) is 2.36. The normalized spacial score (nSPS) is 23.6. The molecule has 0 aliphatic heterocycles. The smallest absolute Gasteiger partial charge is 0.222 e. The minimum absolute atomic E-state index is 0.139. The number of nitrogens with zero attached hydrogens (tertiary/aromatic N) is 4. The number of halogens is 4. The molecule has 0 amide bonds. The van der Waals surface area contributed by atoms with E-state index < -0.39 is 0 Å². The fourth-order valence-corrected chi connectivity index (χ4v) is 7.07. The van der Waals surface area contributed by atoms with Crippen molar-refractivity contribution >= 4 is 46.4 Å². The van der Waals surface area contributed by atoms with E-state index in [2.05, 4.69) is 58.5 Å². The lowest BCUT2D eigenvalue weighted by molar-refractivity contribution is 0.505. The summed E-state index contributed by atoms with van der Waals surface area (Å²) in [5.74, 6) is -0.659. The minimum atomic E-state index is -0.168. The molecule has 0 unspecified atom stereocenters. The summed E-state index contributed by atoms with van der Waals surface area (Å²) in [6, 6.07) is 16.9. The highest BCUT2D eigenvalue weighted by atomic mass is 35.5. The second-order valence-corrected chi connectivity index (χ2v) is 9.73. The van der Waals surface area contributed by atoms with Gasteiger partial charge in [0, 0.05) is 34.8 Å². The minimum Gasteiger partial charge on any atom is -0.222 e. The van der Waals surface area contributed by atoms with Gasteiger partial charge in [-0.1, -0.05) is 71.7 Å². The second-order valence-electron chi connectivity index (χ2n) is 8.33. The molecule has 0 spiro atoms. The molecule has 0 saturated heterocycles. The molecule has 8 heteroatoms. The molecule has 6 aliphatic rings. The highest BCUT2D eigenvalue weighted by Crippen LogP contribution is 2.64. The standard InChI is InChI=1S/C24H12Cl4N4/c25-21-17-13-9-5-1-3-7-11(9)15(19(17)29-23(27)31-21)14-10-6-2-4-8-12(10)16(13)20-18(14)22(26)32-24(28)30-20/h1-8,13-16H/t13-,14-,15-,16+/m1/s1. The molecular weight excluding hydrogens is 486 g/mol. The van der Waals surface area contributed by atoms with Crippen molar-refractivity contribution in [2.45, 2.75) is 23.7 Å². The van der Waals surface area contributed by atoms with Crippen molar-refractivity contribution in [1.29, 1.82) is 0 Å². The molecule has 2 aromatic heterocycles. The van der Waals surface area contributed by atoms with E-state index in [-0.39, 0.29) is 34.2 Å². The van der Waals surface area contributed by atoms with Crippen LogP contribution in [0.15, 0.2) is 48.5 Å². The molecular formula is C24H12Cl4N4. The van der Waals surface area contributed by atoms with Crippen LogP contribution in [0.25, 0.3) is 0 Å². The predicted molar refractivity (Wildman–Crippen MR) is 124 cm³/mol. The molecule has 0 N–H and O–H groups in total. The van der Waals surface area contributed by atoms with Gasteiger partial charge in [0.1, 0.15) is 10.3 Å². The maximum atomic E-state index is 6.77. The molecule has 32 heavy (non-hydrogen) atoms. The Bertz CT molecular complexity index is 1360. The van der Waals surface area contributed by atoms with Gasteiger partial charge in [0.15, 0.2) is 0 Å². The summed E-state index contributed by atoms with van der Waals surface area (Å²) in [4.78, 5) is 18.1. The van der Waals surface area contributed by atoms with E-state index in [1.807, 2.05) is 0 Å². The summed E-state index contributed by atoms with van der Waals surface area (Å²) in [5.41, 5.74) is 8.27. The molecule has 4 atom stereocenters. The molecule has 2 heterocycles. The summed E-state index contributed by atoms with van der Waals surface area (Å²) in [5, 5.41) is 1.03. The Morgan fingerprint density at radius 3 is 1.19 bits per heavy atom. The number of benzene rings is 2. The summed E-state index contributed by atoms with van der Waals surface area (Å²) >= 11 is 26.2. The van der Waals surface area contributed by atoms with E-state index in [4.69, 9.17) is 56.4 Å². The lowest BCUT2D eigenvalue weighted by Gasteiger charge is -2.48. The highest BCUT2D eigenvalue weighted by Gasteiger charge is 2.53. The Morgan fingerprint density at radius 2 is 0.812 bits per heavy atom. The molecule has 0 fully saturated rings. The van der Waals surface area contributed by atoms with Gasteiger partial charge in [0.25, 0.3) is 0 Å². The summed E-state index contributed by atoms with van der Waals surface area (Å²) in [6.07, 6.45) is 0. The van der Waals surface area contributed by atoms with Crippen LogP contribution in [-0.4, -0.2) is 19.9 Å². The van der Waals surface area contributed by atoms with Crippen molar-refractivity contribution < 1.29 is 0 Å². The number of hydrogen-bond donors (Lipinski definition) is 0. The Morgan fingerprint density at radius 1 is 0.469 bits per heavy atom. The zero-order valence-electron chi connectivity index (χ0n) is 16.2. The molecule has 10 rings (SSSR count). The Labute approximate surface area is 203 Å². The van der Waals surface area contributed by atoms with Crippen LogP contribution in [0.5, 0.6) is 0 Å². The Kier molecular flexibility index (Phi) is 4.00. The first kappa shape index (κ1) is 19.2. The highest BCUT2D eigenvalue weighted by molar-refractivity contribution is 6.33. The Hall–Kier alpha value is -2.24. The first-order valence-corrected chi connectivity index (χ1v) is 11.7. The van der Waals surface area contributed by atoms with Gasteiger partial charge < -0.3 is 0 Å². The van der Waals surface area contributed by atoms with Gasteiger partial charge in [-0.05, 0) is 45.5 Å². The van der Waals surface area contributed by atoms with Crippen molar-refractivity contribution in [3.63, 3.8) is 0 Å². The van der Waals surface area contributed by atoms with Crippen LogP contribution in [0.2, 0.25) is 20.9 Å². The van der Waals surface area contributed by atoms with E-state index in [1.165, 1.54) is 22.3 Å². The molecule has 156 valence electrons. The van der Waals surface area contributed by atoms with Crippen molar-refractivity contribution in [2.24, 2.45) is 0 Å². The fraction of sp³-hybridized carbons (Fsp3) is 0.167. The average Bonchev–Trinajstić information content (AvgIpc) is 2.75. The first-order chi connectivity index (χ1) is 15.5. The lowest BCUT2D eigenvalue weighted by Crippen LogP contribution is -2.37. The van der Waals surface area contributed by atoms with Gasteiger partial charge in [-0.3, -0.25) is 0 Å². The largest absolute Gasteiger partial charge is 0.224 e. The predicted octanol–water partition coefficient (Wildman–Crippen LogP) is 6.75. The van der Waals surface area contributed by atoms with Crippen LogP contribution in [-0.2, 0) is 0 Å². The number of rotatable bonds is 0. The third-order valence-electron chi connectivity index (χ3n) is 7.01. The van der Waals surface area contributed by atoms with Gasteiger partial charge in [-0.15, -0.1) is 0 Å². The van der Waals surface area contributed by atoms with Crippen LogP contribution in [0.3, 0.4) is 0 Å². The van der Waals surface area contributed by atoms with Gasteiger partial charge in [-0.2, -0.15) is 0 Å². The zero-order valence-corrected chi connectivity index (χ0v) is 19.3. The molecule has 4 aromatic rings.